The molecule has 1 aliphatic rings. The number of methoxy groups -OCH3 is 1. The second-order valence-corrected chi connectivity index (χ2v) is 5.70. The fraction of sp³-hybridized carbons (Fsp3) is 0.500. The van der Waals surface area contributed by atoms with Gasteiger partial charge in [0, 0.05) is 13.1 Å². The predicted octanol–water partition coefficient (Wildman–Crippen LogP) is 2.97. The molecule has 0 bridgehead atoms. The third-order valence-corrected chi connectivity index (χ3v) is 4.04. The number of halogens is 2. The molecule has 1 aliphatic heterocycles. The molecule has 0 saturated carbocycles. The van der Waals surface area contributed by atoms with E-state index in [2.05, 4.69) is 20.8 Å². The first kappa shape index (κ1) is 14.5. The Morgan fingerprint density at radius 2 is 2.37 bits per heavy atom. The molecule has 1 fully saturated rings. The monoisotopic (exact) mass is 329 g/mol. The quantitative estimate of drug-likeness (QED) is 0.798. The Morgan fingerprint density at radius 3 is 3.05 bits per heavy atom. The van der Waals surface area contributed by atoms with Crippen LogP contribution in [0.4, 0.5) is 4.39 Å². The number of carbonyl (C=O) groups excluding carboxylic acids is 1. The SMILES string of the molecule is COC(=O)C1CCCN(Cc2ccc(F)c(Br)c2)C1. The molecule has 2 rings (SSSR count). The molecule has 0 aliphatic carbocycles. The predicted molar refractivity (Wildman–Crippen MR) is 74.1 cm³/mol. The van der Waals surface area contributed by atoms with Crippen molar-refractivity contribution >= 4 is 21.9 Å². The van der Waals surface area contributed by atoms with Crippen LogP contribution in [0.3, 0.4) is 0 Å². The molecule has 1 saturated heterocycles. The van der Waals surface area contributed by atoms with Crippen molar-refractivity contribution in [3.05, 3.63) is 34.1 Å². The summed E-state index contributed by atoms with van der Waals surface area (Å²) in [7, 11) is 1.43. The Balaban J connectivity index is 1.98. The van der Waals surface area contributed by atoms with Crippen LogP contribution in [-0.2, 0) is 16.1 Å². The molecule has 3 nitrogen and oxygen atoms in total. The van der Waals surface area contributed by atoms with Crippen molar-refractivity contribution in [2.45, 2.75) is 19.4 Å². The Bertz CT molecular complexity index is 467. The summed E-state index contributed by atoms with van der Waals surface area (Å²) in [5.41, 5.74) is 1.04. The third-order valence-electron chi connectivity index (χ3n) is 3.43. The Labute approximate surface area is 120 Å². The molecular weight excluding hydrogens is 313 g/mol. The summed E-state index contributed by atoms with van der Waals surface area (Å²) in [4.78, 5) is 13.8. The van der Waals surface area contributed by atoms with Gasteiger partial charge in [0.1, 0.15) is 5.82 Å². The lowest BCUT2D eigenvalue weighted by molar-refractivity contribution is -0.147. The molecule has 104 valence electrons. The normalized spacial score (nSPS) is 20.3. The first-order valence-corrected chi connectivity index (χ1v) is 7.13. The zero-order valence-electron chi connectivity index (χ0n) is 10.9. The van der Waals surface area contributed by atoms with Crippen LogP contribution in [0.25, 0.3) is 0 Å². The third kappa shape index (κ3) is 3.76. The minimum Gasteiger partial charge on any atom is -0.469 e. The summed E-state index contributed by atoms with van der Waals surface area (Å²) < 4.78 is 18.4. The first-order chi connectivity index (χ1) is 9.10. The number of likely N-dealkylation sites (tertiary alicyclic amines) is 1. The van der Waals surface area contributed by atoms with Gasteiger partial charge >= 0.3 is 5.97 Å². The maximum absolute atomic E-state index is 13.2. The van der Waals surface area contributed by atoms with Gasteiger partial charge in [-0.15, -0.1) is 0 Å². The van der Waals surface area contributed by atoms with Crippen LogP contribution in [0.2, 0.25) is 0 Å². The molecule has 1 atom stereocenters. The van der Waals surface area contributed by atoms with E-state index in [9.17, 15) is 9.18 Å². The number of carbonyl (C=O) groups is 1. The molecule has 5 heteroatoms. The van der Waals surface area contributed by atoms with Crippen LogP contribution in [0.1, 0.15) is 18.4 Å². The number of ether oxygens (including phenoxy) is 1. The summed E-state index contributed by atoms with van der Waals surface area (Å²) >= 11 is 3.19. The van der Waals surface area contributed by atoms with Crippen molar-refractivity contribution in [2.75, 3.05) is 20.2 Å². The van der Waals surface area contributed by atoms with E-state index in [1.807, 2.05) is 0 Å². The minimum atomic E-state index is -0.255. The number of esters is 1. The van der Waals surface area contributed by atoms with Crippen LogP contribution in [-0.4, -0.2) is 31.1 Å². The highest BCUT2D eigenvalue weighted by atomic mass is 79.9. The van der Waals surface area contributed by atoms with E-state index >= 15 is 0 Å². The van der Waals surface area contributed by atoms with Gasteiger partial charge in [-0.25, -0.2) is 4.39 Å². The van der Waals surface area contributed by atoms with Crippen LogP contribution in [0.15, 0.2) is 22.7 Å². The summed E-state index contributed by atoms with van der Waals surface area (Å²) in [6.45, 7) is 2.40. The minimum absolute atomic E-state index is 0.0392. The summed E-state index contributed by atoms with van der Waals surface area (Å²) in [5.74, 6) is -0.428. The number of benzene rings is 1. The molecule has 0 N–H and O–H groups in total. The Morgan fingerprint density at radius 1 is 1.58 bits per heavy atom. The molecule has 0 spiro atoms. The van der Waals surface area contributed by atoms with E-state index in [0.29, 0.717) is 11.0 Å². The Kier molecular flexibility index (Phi) is 4.93. The lowest BCUT2D eigenvalue weighted by Gasteiger charge is -2.31. The van der Waals surface area contributed by atoms with Gasteiger partial charge in [0.25, 0.3) is 0 Å². The van der Waals surface area contributed by atoms with Crippen molar-refractivity contribution < 1.29 is 13.9 Å². The van der Waals surface area contributed by atoms with Crippen molar-refractivity contribution in [3.8, 4) is 0 Å². The van der Waals surface area contributed by atoms with Gasteiger partial charge in [-0.1, -0.05) is 6.07 Å². The van der Waals surface area contributed by atoms with Crippen molar-refractivity contribution in [3.63, 3.8) is 0 Å². The highest BCUT2D eigenvalue weighted by Gasteiger charge is 2.26. The highest BCUT2D eigenvalue weighted by Crippen LogP contribution is 2.22. The fourth-order valence-electron chi connectivity index (χ4n) is 2.45. The number of rotatable bonds is 3. The molecule has 0 amide bonds. The first-order valence-electron chi connectivity index (χ1n) is 6.34. The van der Waals surface area contributed by atoms with Crippen molar-refractivity contribution in [1.82, 2.24) is 4.90 Å². The molecule has 0 radical (unpaired) electrons. The zero-order chi connectivity index (χ0) is 13.8. The lowest BCUT2D eigenvalue weighted by atomic mass is 9.98. The van der Waals surface area contributed by atoms with Crippen LogP contribution in [0, 0.1) is 11.7 Å². The molecular formula is C14H17BrFNO2. The number of hydrogen-bond donors (Lipinski definition) is 0. The lowest BCUT2D eigenvalue weighted by Crippen LogP contribution is -2.38. The van der Waals surface area contributed by atoms with E-state index in [1.54, 1.807) is 12.1 Å². The largest absolute Gasteiger partial charge is 0.469 e. The molecule has 1 aromatic rings. The summed E-state index contributed by atoms with van der Waals surface area (Å²) in [5, 5.41) is 0. The maximum Gasteiger partial charge on any atom is 0.309 e. The van der Waals surface area contributed by atoms with Gasteiger partial charge in [-0.3, -0.25) is 9.69 Å². The van der Waals surface area contributed by atoms with Gasteiger partial charge in [0.05, 0.1) is 17.5 Å². The molecule has 1 unspecified atom stereocenters. The summed E-state index contributed by atoms with van der Waals surface area (Å²) in [6.07, 6.45) is 1.87. The van der Waals surface area contributed by atoms with Crippen LogP contribution in [0.5, 0.6) is 0 Å². The number of nitrogens with zero attached hydrogens (tertiary/aromatic N) is 1. The smallest absolute Gasteiger partial charge is 0.309 e. The summed E-state index contributed by atoms with van der Waals surface area (Å²) in [6, 6.07) is 5.03. The zero-order valence-corrected chi connectivity index (χ0v) is 12.5. The van der Waals surface area contributed by atoms with Crippen molar-refractivity contribution in [2.24, 2.45) is 5.92 Å². The fourth-order valence-corrected chi connectivity index (χ4v) is 2.88. The van der Waals surface area contributed by atoms with Gasteiger partial charge in [0.15, 0.2) is 0 Å². The van der Waals surface area contributed by atoms with Crippen LogP contribution < -0.4 is 0 Å². The standard InChI is InChI=1S/C14H17BrFNO2/c1-19-14(18)11-3-2-6-17(9-11)8-10-4-5-13(16)12(15)7-10/h4-5,7,11H,2-3,6,8-9H2,1H3. The second-order valence-electron chi connectivity index (χ2n) is 4.85. The molecule has 1 heterocycles. The topological polar surface area (TPSA) is 29.5 Å². The van der Waals surface area contributed by atoms with Crippen molar-refractivity contribution in [1.29, 1.82) is 0 Å². The van der Waals surface area contributed by atoms with Gasteiger partial charge in [0.2, 0.25) is 0 Å². The average molecular weight is 330 g/mol. The maximum atomic E-state index is 13.2. The van der Waals surface area contributed by atoms with Crippen LogP contribution >= 0.6 is 15.9 Å². The van der Waals surface area contributed by atoms with Gasteiger partial charge in [-0.2, -0.15) is 0 Å². The highest BCUT2D eigenvalue weighted by molar-refractivity contribution is 9.10. The average Bonchev–Trinajstić information content (AvgIpc) is 2.42. The Hall–Kier alpha value is -0.940. The van der Waals surface area contributed by atoms with E-state index in [-0.39, 0.29) is 17.7 Å². The van der Waals surface area contributed by atoms with E-state index < -0.39 is 0 Å². The second kappa shape index (κ2) is 6.48. The van der Waals surface area contributed by atoms with E-state index in [0.717, 1.165) is 31.5 Å². The van der Waals surface area contributed by atoms with E-state index in [1.165, 1.54) is 13.2 Å². The van der Waals surface area contributed by atoms with E-state index in [4.69, 9.17) is 4.74 Å². The molecule has 1 aromatic carbocycles. The van der Waals surface area contributed by atoms with Gasteiger partial charge in [-0.05, 0) is 53.0 Å². The molecule has 0 aromatic heterocycles. The molecule has 19 heavy (non-hydrogen) atoms. The number of hydrogen-bond acceptors (Lipinski definition) is 3. The number of piperidine rings is 1. The van der Waals surface area contributed by atoms with Gasteiger partial charge < -0.3 is 4.74 Å².